The van der Waals surface area contributed by atoms with Crippen LogP contribution in [0.4, 0.5) is 16.0 Å². The monoisotopic (exact) mass is 383 g/mol. The van der Waals surface area contributed by atoms with Gasteiger partial charge in [0.2, 0.25) is 5.91 Å². The summed E-state index contributed by atoms with van der Waals surface area (Å²) in [5.41, 5.74) is 0.387. The Morgan fingerprint density at radius 2 is 1.96 bits per heavy atom. The molecule has 0 saturated carbocycles. The van der Waals surface area contributed by atoms with Gasteiger partial charge in [0, 0.05) is 43.9 Å². The molecule has 1 aromatic carbocycles. The number of carbonyl (C=O) groups is 1. The summed E-state index contributed by atoms with van der Waals surface area (Å²) in [6.45, 7) is 4.91. The highest BCUT2D eigenvalue weighted by Gasteiger charge is 2.13. The molecular formula is C21H26FN5O. The molecule has 2 aromatic rings. The largest absolute Gasteiger partial charge is 0.368 e. The molecule has 6 nitrogen and oxygen atoms in total. The molecule has 1 aliphatic heterocycles. The topological polar surface area (TPSA) is 70.2 Å². The van der Waals surface area contributed by atoms with Crippen molar-refractivity contribution in [3.05, 3.63) is 53.6 Å². The Morgan fingerprint density at radius 3 is 2.75 bits per heavy atom. The van der Waals surface area contributed by atoms with Gasteiger partial charge in [0.05, 0.1) is 0 Å². The number of nitrogens with one attached hydrogen (secondary N) is 2. The molecule has 1 fully saturated rings. The van der Waals surface area contributed by atoms with Crippen molar-refractivity contribution in [2.45, 2.75) is 26.2 Å². The van der Waals surface area contributed by atoms with Gasteiger partial charge in [-0.3, -0.25) is 4.79 Å². The van der Waals surface area contributed by atoms with E-state index in [2.05, 4.69) is 25.5 Å². The molecule has 148 valence electrons. The van der Waals surface area contributed by atoms with Crippen molar-refractivity contribution in [1.82, 2.24) is 15.3 Å². The van der Waals surface area contributed by atoms with Gasteiger partial charge in [0.1, 0.15) is 23.3 Å². The van der Waals surface area contributed by atoms with Crippen LogP contribution in [-0.4, -0.2) is 42.1 Å². The number of hydrogen-bond donors (Lipinski definition) is 2. The van der Waals surface area contributed by atoms with Gasteiger partial charge < -0.3 is 15.5 Å². The van der Waals surface area contributed by atoms with Crippen molar-refractivity contribution >= 4 is 23.6 Å². The Hall–Kier alpha value is -2.96. The number of aromatic nitrogens is 2. The quantitative estimate of drug-likeness (QED) is 0.568. The Bertz CT molecular complexity index is 833. The highest BCUT2D eigenvalue weighted by molar-refractivity contribution is 5.91. The van der Waals surface area contributed by atoms with Crippen LogP contribution in [0.3, 0.4) is 0 Å². The van der Waals surface area contributed by atoms with Crippen LogP contribution in [0, 0.1) is 12.7 Å². The molecule has 0 unspecified atom stereocenters. The zero-order valence-electron chi connectivity index (χ0n) is 16.1. The molecule has 1 amide bonds. The summed E-state index contributed by atoms with van der Waals surface area (Å²) in [7, 11) is 0. The first kappa shape index (κ1) is 19.8. The number of halogens is 1. The number of piperidine rings is 1. The van der Waals surface area contributed by atoms with E-state index in [4.69, 9.17) is 0 Å². The van der Waals surface area contributed by atoms with E-state index in [1.807, 2.05) is 13.0 Å². The summed E-state index contributed by atoms with van der Waals surface area (Å²) in [5, 5.41) is 6.00. The zero-order chi connectivity index (χ0) is 19.8. The molecule has 0 aliphatic carbocycles. The van der Waals surface area contributed by atoms with Crippen LogP contribution in [-0.2, 0) is 4.79 Å². The second-order valence-corrected chi connectivity index (χ2v) is 6.78. The second-order valence-electron chi connectivity index (χ2n) is 6.78. The summed E-state index contributed by atoms with van der Waals surface area (Å²) >= 11 is 0. The van der Waals surface area contributed by atoms with Crippen molar-refractivity contribution in [2.24, 2.45) is 0 Å². The molecule has 3 rings (SSSR count). The standard InChI is InChI=1S/C21H26FN5O/c1-16-25-19(15-20(26-16)27-13-5-2-6-14-27)23-11-12-24-21(28)10-9-17-7-3-4-8-18(17)22/h3-4,7-10,15H,2,5-6,11-14H2,1H3,(H,24,28)(H,23,25,26)/b10-9+. The van der Waals surface area contributed by atoms with Crippen molar-refractivity contribution in [1.29, 1.82) is 0 Å². The lowest BCUT2D eigenvalue weighted by atomic mass is 10.1. The van der Waals surface area contributed by atoms with Crippen LogP contribution in [0.5, 0.6) is 0 Å². The van der Waals surface area contributed by atoms with Crippen molar-refractivity contribution in [2.75, 3.05) is 36.4 Å². The van der Waals surface area contributed by atoms with Crippen molar-refractivity contribution in [3.8, 4) is 0 Å². The lowest BCUT2D eigenvalue weighted by molar-refractivity contribution is -0.116. The number of anilines is 2. The minimum absolute atomic E-state index is 0.266. The first-order valence-corrected chi connectivity index (χ1v) is 9.67. The number of nitrogens with zero attached hydrogens (tertiary/aromatic N) is 3. The number of benzene rings is 1. The van der Waals surface area contributed by atoms with Gasteiger partial charge >= 0.3 is 0 Å². The Labute approximate surface area is 164 Å². The third-order valence-electron chi connectivity index (χ3n) is 4.55. The molecule has 0 atom stereocenters. The van der Waals surface area contributed by atoms with Gasteiger partial charge in [-0.2, -0.15) is 0 Å². The molecule has 1 aromatic heterocycles. The molecule has 2 heterocycles. The first-order chi connectivity index (χ1) is 13.6. The van der Waals surface area contributed by atoms with E-state index in [9.17, 15) is 9.18 Å². The molecular weight excluding hydrogens is 357 g/mol. The van der Waals surface area contributed by atoms with Crippen molar-refractivity contribution in [3.63, 3.8) is 0 Å². The summed E-state index contributed by atoms with van der Waals surface area (Å²) in [5.74, 6) is 1.81. The Balaban J connectivity index is 1.46. The maximum absolute atomic E-state index is 13.5. The van der Waals surface area contributed by atoms with E-state index < -0.39 is 0 Å². The fraction of sp³-hybridized carbons (Fsp3) is 0.381. The van der Waals surface area contributed by atoms with Crippen LogP contribution < -0.4 is 15.5 Å². The number of hydrogen-bond acceptors (Lipinski definition) is 5. The lowest BCUT2D eigenvalue weighted by Gasteiger charge is -2.28. The van der Waals surface area contributed by atoms with Gasteiger partial charge in [-0.1, -0.05) is 18.2 Å². The van der Waals surface area contributed by atoms with Gasteiger partial charge in [0.15, 0.2) is 0 Å². The van der Waals surface area contributed by atoms with Gasteiger partial charge in [-0.25, -0.2) is 14.4 Å². The maximum Gasteiger partial charge on any atom is 0.244 e. The maximum atomic E-state index is 13.5. The van der Waals surface area contributed by atoms with E-state index in [0.29, 0.717) is 18.7 Å². The second kappa shape index (κ2) is 9.82. The molecule has 0 spiro atoms. The highest BCUT2D eigenvalue weighted by atomic mass is 19.1. The third kappa shape index (κ3) is 5.77. The van der Waals surface area contributed by atoms with E-state index in [-0.39, 0.29) is 11.7 Å². The summed E-state index contributed by atoms with van der Waals surface area (Å²) in [6, 6.07) is 8.29. The first-order valence-electron chi connectivity index (χ1n) is 9.67. The fourth-order valence-electron chi connectivity index (χ4n) is 3.14. The molecule has 7 heteroatoms. The molecule has 1 aliphatic rings. The number of amides is 1. The zero-order valence-corrected chi connectivity index (χ0v) is 16.1. The molecule has 28 heavy (non-hydrogen) atoms. The van der Waals surface area contributed by atoms with E-state index in [1.54, 1.807) is 18.2 Å². The van der Waals surface area contributed by atoms with E-state index in [1.165, 1.54) is 37.5 Å². The van der Waals surface area contributed by atoms with Crippen LogP contribution in [0.25, 0.3) is 6.08 Å². The van der Waals surface area contributed by atoms with Gasteiger partial charge in [-0.15, -0.1) is 0 Å². The van der Waals surface area contributed by atoms with Crippen LogP contribution in [0.15, 0.2) is 36.4 Å². The minimum Gasteiger partial charge on any atom is -0.368 e. The predicted molar refractivity (Wildman–Crippen MR) is 110 cm³/mol. The molecule has 0 bridgehead atoms. The molecule has 2 N–H and O–H groups in total. The lowest BCUT2D eigenvalue weighted by Crippen LogP contribution is -2.30. The third-order valence-corrected chi connectivity index (χ3v) is 4.55. The molecule has 0 radical (unpaired) electrons. The normalized spacial score (nSPS) is 14.3. The van der Waals surface area contributed by atoms with Gasteiger partial charge in [-0.05, 0) is 38.3 Å². The minimum atomic E-state index is -0.350. The van der Waals surface area contributed by atoms with Crippen LogP contribution >= 0.6 is 0 Å². The summed E-state index contributed by atoms with van der Waals surface area (Å²) in [6.07, 6.45) is 6.46. The molecule has 1 saturated heterocycles. The van der Waals surface area contributed by atoms with E-state index in [0.717, 1.165) is 30.5 Å². The van der Waals surface area contributed by atoms with Crippen molar-refractivity contribution < 1.29 is 9.18 Å². The fourth-order valence-corrected chi connectivity index (χ4v) is 3.14. The van der Waals surface area contributed by atoms with Crippen LogP contribution in [0.2, 0.25) is 0 Å². The Morgan fingerprint density at radius 1 is 1.18 bits per heavy atom. The average molecular weight is 383 g/mol. The predicted octanol–water partition coefficient (Wildman–Crippen LogP) is 3.16. The van der Waals surface area contributed by atoms with Gasteiger partial charge in [0.25, 0.3) is 0 Å². The number of aryl methyl sites for hydroxylation is 1. The summed E-state index contributed by atoms with van der Waals surface area (Å²) in [4.78, 5) is 23.1. The van der Waals surface area contributed by atoms with E-state index >= 15 is 0 Å². The smallest absolute Gasteiger partial charge is 0.244 e. The Kier molecular flexibility index (Phi) is 6.94. The number of carbonyl (C=O) groups excluding carboxylic acids is 1. The van der Waals surface area contributed by atoms with Crippen LogP contribution in [0.1, 0.15) is 30.7 Å². The number of rotatable bonds is 7. The SMILES string of the molecule is Cc1nc(NCCNC(=O)/C=C/c2ccccc2F)cc(N2CCCCC2)n1. The highest BCUT2D eigenvalue weighted by Crippen LogP contribution is 2.20. The summed E-state index contributed by atoms with van der Waals surface area (Å²) < 4.78 is 13.5. The average Bonchev–Trinajstić information content (AvgIpc) is 2.71.